The molecule has 158 valence electrons. The van der Waals surface area contributed by atoms with Crippen molar-refractivity contribution in [1.82, 2.24) is 0 Å². The second-order valence-corrected chi connectivity index (χ2v) is 10.3. The summed E-state index contributed by atoms with van der Waals surface area (Å²) >= 11 is 1.41. The Hall–Kier alpha value is -2.65. The van der Waals surface area contributed by atoms with Crippen molar-refractivity contribution < 1.29 is 22.8 Å². The summed E-state index contributed by atoms with van der Waals surface area (Å²) in [5.74, 6) is -1.11. The number of rotatable bonds is 7. The van der Waals surface area contributed by atoms with E-state index < -0.39 is 15.7 Å². The molecule has 7 nitrogen and oxygen atoms in total. The molecule has 1 unspecified atom stereocenters. The van der Waals surface area contributed by atoms with Gasteiger partial charge in [-0.1, -0.05) is 19.1 Å². The van der Waals surface area contributed by atoms with Gasteiger partial charge in [-0.2, -0.15) is 0 Å². The van der Waals surface area contributed by atoms with E-state index in [1.54, 1.807) is 30.3 Å². The lowest BCUT2D eigenvalue weighted by atomic mass is 10.1. The molecule has 1 aliphatic rings. The Labute approximate surface area is 179 Å². The highest BCUT2D eigenvalue weighted by Crippen LogP contribution is 2.38. The molecule has 0 aliphatic carbocycles. The summed E-state index contributed by atoms with van der Waals surface area (Å²) in [4.78, 5) is 36.6. The first-order chi connectivity index (χ1) is 14.2. The third kappa shape index (κ3) is 5.09. The Balaban J connectivity index is 1.66. The number of hydrogen-bond donors (Lipinski definition) is 2. The number of sulfone groups is 1. The molecule has 2 aromatic rings. The second-order valence-electron chi connectivity index (χ2n) is 6.92. The standard InChI is InChI=1S/C21H22N2O5S2/c1-3-18-21(26)23-17-12-16(7-8-19(17)29-18)30(27,28)10-9-20(25)22-15-6-4-5-14(11-15)13(2)24/h4-8,11-12,18H,3,9-10H2,1-2H3,(H,22,25)(H,23,26). The van der Waals surface area contributed by atoms with Crippen molar-refractivity contribution in [3.05, 3.63) is 48.0 Å². The molecular formula is C21H22N2O5S2. The van der Waals surface area contributed by atoms with Crippen LogP contribution in [0.25, 0.3) is 0 Å². The van der Waals surface area contributed by atoms with E-state index in [2.05, 4.69) is 10.6 Å². The van der Waals surface area contributed by atoms with Crippen LogP contribution in [0.4, 0.5) is 11.4 Å². The molecule has 1 heterocycles. The summed E-state index contributed by atoms with van der Waals surface area (Å²) in [6.07, 6.45) is 0.448. The fourth-order valence-corrected chi connectivity index (χ4v) is 5.26. The third-order valence-corrected chi connectivity index (χ3v) is 7.81. The molecule has 0 radical (unpaired) electrons. The zero-order chi connectivity index (χ0) is 21.9. The van der Waals surface area contributed by atoms with Crippen molar-refractivity contribution in [3.8, 4) is 0 Å². The van der Waals surface area contributed by atoms with Crippen LogP contribution in [0.3, 0.4) is 0 Å². The minimum Gasteiger partial charge on any atom is -0.326 e. The highest BCUT2D eigenvalue weighted by molar-refractivity contribution is 8.01. The Morgan fingerprint density at radius 3 is 2.63 bits per heavy atom. The molecule has 0 bridgehead atoms. The van der Waals surface area contributed by atoms with Crippen molar-refractivity contribution in [2.75, 3.05) is 16.4 Å². The first kappa shape index (κ1) is 22.0. The van der Waals surface area contributed by atoms with Crippen molar-refractivity contribution in [1.29, 1.82) is 0 Å². The molecule has 0 saturated heterocycles. The normalized spacial score (nSPS) is 15.8. The van der Waals surface area contributed by atoms with Crippen LogP contribution in [-0.4, -0.2) is 37.0 Å². The van der Waals surface area contributed by atoms with Gasteiger partial charge in [0.2, 0.25) is 11.8 Å². The van der Waals surface area contributed by atoms with Crippen LogP contribution in [-0.2, 0) is 19.4 Å². The van der Waals surface area contributed by atoms with Crippen LogP contribution in [0, 0.1) is 0 Å². The van der Waals surface area contributed by atoms with E-state index in [0.717, 1.165) is 4.90 Å². The van der Waals surface area contributed by atoms with Crippen LogP contribution in [0.15, 0.2) is 52.3 Å². The maximum absolute atomic E-state index is 12.7. The SMILES string of the molecule is CCC1Sc2ccc(S(=O)(=O)CCC(=O)Nc3cccc(C(C)=O)c3)cc2NC1=O. The fraction of sp³-hybridized carbons (Fsp3) is 0.286. The predicted octanol–water partition coefficient (Wildman–Crippen LogP) is 3.51. The molecule has 9 heteroatoms. The fourth-order valence-electron chi connectivity index (χ4n) is 2.98. The number of nitrogens with one attached hydrogen (secondary N) is 2. The number of hydrogen-bond acceptors (Lipinski definition) is 6. The molecule has 1 aliphatic heterocycles. The molecule has 2 amide bonds. The maximum Gasteiger partial charge on any atom is 0.237 e. The number of ketones is 1. The van der Waals surface area contributed by atoms with Crippen LogP contribution in [0.2, 0.25) is 0 Å². The molecule has 2 N–H and O–H groups in total. The molecular weight excluding hydrogens is 424 g/mol. The van der Waals surface area contributed by atoms with E-state index in [9.17, 15) is 22.8 Å². The van der Waals surface area contributed by atoms with E-state index in [1.165, 1.54) is 30.8 Å². The molecule has 0 saturated carbocycles. The summed E-state index contributed by atoms with van der Waals surface area (Å²) < 4.78 is 25.4. The summed E-state index contributed by atoms with van der Waals surface area (Å²) in [6.45, 7) is 3.35. The van der Waals surface area contributed by atoms with Crippen molar-refractivity contribution in [2.24, 2.45) is 0 Å². The van der Waals surface area contributed by atoms with Crippen LogP contribution in [0.5, 0.6) is 0 Å². The van der Waals surface area contributed by atoms with E-state index in [0.29, 0.717) is 23.4 Å². The average Bonchev–Trinajstić information content (AvgIpc) is 2.71. The largest absolute Gasteiger partial charge is 0.326 e. The Morgan fingerprint density at radius 2 is 1.93 bits per heavy atom. The molecule has 30 heavy (non-hydrogen) atoms. The number of carbonyl (C=O) groups excluding carboxylic acids is 3. The average molecular weight is 447 g/mol. The maximum atomic E-state index is 12.7. The summed E-state index contributed by atoms with van der Waals surface area (Å²) in [6, 6.07) is 11.1. The van der Waals surface area contributed by atoms with Gasteiger partial charge in [0.15, 0.2) is 15.6 Å². The minimum absolute atomic E-state index is 0.0588. The van der Waals surface area contributed by atoms with Gasteiger partial charge in [-0.25, -0.2) is 8.42 Å². The number of carbonyl (C=O) groups is 3. The number of benzene rings is 2. The molecule has 0 fully saturated rings. The molecule has 1 atom stereocenters. The van der Waals surface area contributed by atoms with Gasteiger partial charge in [-0.05, 0) is 43.7 Å². The second kappa shape index (κ2) is 9.01. The first-order valence-electron chi connectivity index (χ1n) is 9.45. The van der Waals surface area contributed by atoms with Crippen molar-refractivity contribution in [2.45, 2.75) is 41.7 Å². The smallest absolute Gasteiger partial charge is 0.237 e. The van der Waals surface area contributed by atoms with Gasteiger partial charge in [-0.3, -0.25) is 14.4 Å². The molecule has 2 aromatic carbocycles. The van der Waals surface area contributed by atoms with Crippen molar-refractivity contribution >= 4 is 50.6 Å². The van der Waals surface area contributed by atoms with Gasteiger partial charge in [0.1, 0.15) is 0 Å². The molecule has 0 spiro atoms. The summed E-state index contributed by atoms with van der Waals surface area (Å²) in [7, 11) is -3.71. The Kier molecular flexibility index (Phi) is 6.62. The molecule has 0 aromatic heterocycles. The van der Waals surface area contributed by atoms with Gasteiger partial charge in [0, 0.05) is 22.6 Å². The van der Waals surface area contributed by atoms with Gasteiger partial charge in [0.05, 0.1) is 21.6 Å². The van der Waals surface area contributed by atoms with Crippen LogP contribution < -0.4 is 10.6 Å². The van der Waals surface area contributed by atoms with Crippen molar-refractivity contribution in [3.63, 3.8) is 0 Å². The quantitative estimate of drug-likeness (QED) is 0.630. The number of thioether (sulfide) groups is 1. The van der Waals surface area contributed by atoms with E-state index >= 15 is 0 Å². The van der Waals surface area contributed by atoms with Gasteiger partial charge < -0.3 is 10.6 Å². The zero-order valence-electron chi connectivity index (χ0n) is 16.6. The Bertz CT molecular complexity index is 1110. The highest BCUT2D eigenvalue weighted by atomic mass is 32.2. The van der Waals surface area contributed by atoms with Crippen LogP contribution in [0.1, 0.15) is 37.0 Å². The number of amides is 2. The number of anilines is 2. The summed E-state index contributed by atoms with van der Waals surface area (Å²) in [5, 5.41) is 5.18. The third-order valence-electron chi connectivity index (χ3n) is 4.65. The lowest BCUT2D eigenvalue weighted by molar-refractivity contribution is -0.116. The van der Waals surface area contributed by atoms with Gasteiger partial charge >= 0.3 is 0 Å². The monoisotopic (exact) mass is 446 g/mol. The lowest BCUT2D eigenvalue weighted by Gasteiger charge is -2.23. The van der Waals surface area contributed by atoms with Crippen LogP contribution >= 0.6 is 11.8 Å². The topological polar surface area (TPSA) is 109 Å². The van der Waals surface area contributed by atoms with E-state index in [-0.39, 0.29) is 34.0 Å². The van der Waals surface area contributed by atoms with E-state index in [4.69, 9.17) is 0 Å². The van der Waals surface area contributed by atoms with Gasteiger partial charge in [-0.15, -0.1) is 11.8 Å². The molecule has 3 rings (SSSR count). The predicted molar refractivity (Wildman–Crippen MR) is 117 cm³/mol. The lowest BCUT2D eigenvalue weighted by Crippen LogP contribution is -2.28. The number of Topliss-reactive ketones (excluding diaryl/α,β-unsaturated/α-hetero) is 1. The first-order valence-corrected chi connectivity index (χ1v) is 12.0. The highest BCUT2D eigenvalue weighted by Gasteiger charge is 2.27. The van der Waals surface area contributed by atoms with E-state index in [1.807, 2.05) is 6.92 Å². The zero-order valence-corrected chi connectivity index (χ0v) is 18.2. The minimum atomic E-state index is -3.71. The Morgan fingerprint density at radius 1 is 1.17 bits per heavy atom. The van der Waals surface area contributed by atoms with Gasteiger partial charge in [0.25, 0.3) is 0 Å². The summed E-state index contributed by atoms with van der Waals surface area (Å²) in [5.41, 5.74) is 1.37. The number of fused-ring (bicyclic) bond motifs is 1.